The fraction of sp³-hybridized carbons (Fsp3) is 0.182. The third-order valence-electron chi connectivity index (χ3n) is 2.34. The van der Waals surface area contributed by atoms with Gasteiger partial charge in [0.25, 0.3) is 0 Å². The molecular weight excluding hydrogens is 269 g/mol. The molecule has 0 bridgehead atoms. The third kappa shape index (κ3) is 2.28. The number of halogens is 4. The summed E-state index contributed by atoms with van der Waals surface area (Å²) in [6.07, 6.45) is 0. The number of imidazole rings is 1. The lowest BCUT2D eigenvalue weighted by molar-refractivity contribution is 0.0683. The molecule has 17 heavy (non-hydrogen) atoms. The molecule has 0 amide bonds. The van der Waals surface area contributed by atoms with Crippen LogP contribution in [0.25, 0.3) is 11.3 Å². The van der Waals surface area contributed by atoms with Crippen molar-refractivity contribution in [2.45, 2.75) is 13.5 Å². The Balaban J connectivity index is 2.53. The topological polar surface area (TPSA) is 17.8 Å². The highest BCUT2D eigenvalue weighted by atomic mass is 35.5. The molecule has 2 aromatic rings. The van der Waals surface area contributed by atoms with E-state index < -0.39 is 6.55 Å². The van der Waals surface area contributed by atoms with Gasteiger partial charge in [-0.25, -0.2) is 4.98 Å². The molecule has 1 aromatic carbocycles. The molecule has 0 saturated carbocycles. The highest BCUT2D eigenvalue weighted by molar-refractivity contribution is 6.32. The van der Waals surface area contributed by atoms with Crippen molar-refractivity contribution in [1.29, 1.82) is 0 Å². The van der Waals surface area contributed by atoms with Gasteiger partial charge in [-0.2, -0.15) is 8.78 Å². The van der Waals surface area contributed by atoms with Crippen molar-refractivity contribution in [2.75, 3.05) is 0 Å². The molecule has 1 aromatic heterocycles. The SMILES string of the molecule is Cc1nc(-c2ccc(Cl)cc2)c(Cl)n1C(F)F. The molecule has 2 nitrogen and oxygen atoms in total. The molecule has 0 spiro atoms. The summed E-state index contributed by atoms with van der Waals surface area (Å²) in [6, 6.07) is 6.69. The Hall–Kier alpha value is -1.13. The minimum absolute atomic E-state index is 0.0696. The molecule has 0 atom stereocenters. The second-order valence-corrected chi connectivity index (χ2v) is 4.25. The Morgan fingerprint density at radius 3 is 2.24 bits per heavy atom. The second-order valence-electron chi connectivity index (χ2n) is 3.45. The van der Waals surface area contributed by atoms with E-state index in [9.17, 15) is 8.78 Å². The zero-order valence-corrected chi connectivity index (χ0v) is 10.3. The van der Waals surface area contributed by atoms with Gasteiger partial charge in [-0.3, -0.25) is 4.57 Å². The van der Waals surface area contributed by atoms with Crippen LogP contribution in [0.4, 0.5) is 8.78 Å². The smallest absolute Gasteiger partial charge is 0.260 e. The summed E-state index contributed by atoms with van der Waals surface area (Å²) in [4.78, 5) is 4.04. The first-order valence-electron chi connectivity index (χ1n) is 4.79. The van der Waals surface area contributed by atoms with Gasteiger partial charge in [0, 0.05) is 10.6 Å². The van der Waals surface area contributed by atoms with Gasteiger partial charge in [0.15, 0.2) is 0 Å². The van der Waals surface area contributed by atoms with E-state index in [4.69, 9.17) is 23.2 Å². The second kappa shape index (κ2) is 4.63. The van der Waals surface area contributed by atoms with Gasteiger partial charge in [-0.15, -0.1) is 0 Å². The molecule has 0 saturated heterocycles. The van der Waals surface area contributed by atoms with Crippen molar-refractivity contribution >= 4 is 23.2 Å². The van der Waals surface area contributed by atoms with Crippen LogP contribution in [-0.2, 0) is 0 Å². The minimum atomic E-state index is -2.70. The average molecular weight is 277 g/mol. The van der Waals surface area contributed by atoms with Crippen molar-refractivity contribution in [2.24, 2.45) is 0 Å². The van der Waals surface area contributed by atoms with Crippen LogP contribution >= 0.6 is 23.2 Å². The number of aryl methyl sites for hydroxylation is 1. The van der Waals surface area contributed by atoms with Crippen LogP contribution in [0.5, 0.6) is 0 Å². The summed E-state index contributed by atoms with van der Waals surface area (Å²) in [6.45, 7) is -1.21. The number of aromatic nitrogens is 2. The van der Waals surface area contributed by atoms with Crippen molar-refractivity contribution in [3.05, 3.63) is 40.3 Å². The van der Waals surface area contributed by atoms with E-state index in [0.717, 1.165) is 0 Å². The van der Waals surface area contributed by atoms with Gasteiger partial charge >= 0.3 is 6.55 Å². The maximum atomic E-state index is 12.7. The largest absolute Gasteiger partial charge is 0.321 e. The van der Waals surface area contributed by atoms with E-state index in [1.165, 1.54) is 6.92 Å². The monoisotopic (exact) mass is 276 g/mol. The maximum Gasteiger partial charge on any atom is 0.321 e. The Morgan fingerprint density at radius 2 is 1.76 bits per heavy atom. The summed E-state index contributed by atoms with van der Waals surface area (Å²) < 4.78 is 26.1. The summed E-state index contributed by atoms with van der Waals surface area (Å²) >= 11 is 11.6. The fourth-order valence-electron chi connectivity index (χ4n) is 1.54. The molecule has 0 fully saturated rings. The van der Waals surface area contributed by atoms with Gasteiger partial charge in [0.05, 0.1) is 0 Å². The van der Waals surface area contributed by atoms with Crippen LogP contribution in [-0.4, -0.2) is 9.55 Å². The number of hydrogen-bond acceptors (Lipinski definition) is 1. The summed E-state index contributed by atoms with van der Waals surface area (Å²) in [5, 5.41) is 0.495. The van der Waals surface area contributed by atoms with Crippen molar-refractivity contribution < 1.29 is 8.78 Å². The molecule has 6 heteroatoms. The van der Waals surface area contributed by atoms with Crippen molar-refractivity contribution in [3.8, 4) is 11.3 Å². The first kappa shape index (κ1) is 12.3. The van der Waals surface area contributed by atoms with Crippen LogP contribution < -0.4 is 0 Å². The number of benzene rings is 1. The van der Waals surface area contributed by atoms with Gasteiger partial charge in [0.2, 0.25) is 0 Å². The van der Waals surface area contributed by atoms with E-state index in [-0.39, 0.29) is 11.0 Å². The van der Waals surface area contributed by atoms with E-state index >= 15 is 0 Å². The quantitative estimate of drug-likeness (QED) is 0.786. The molecule has 2 rings (SSSR count). The van der Waals surface area contributed by atoms with E-state index in [0.29, 0.717) is 20.8 Å². The Morgan fingerprint density at radius 1 is 1.18 bits per heavy atom. The Kier molecular flexibility index (Phi) is 3.35. The van der Waals surface area contributed by atoms with Crippen molar-refractivity contribution in [1.82, 2.24) is 9.55 Å². The standard InChI is InChI=1S/C11H8Cl2F2N2/c1-6-16-9(10(13)17(6)11(14)15)7-2-4-8(12)5-3-7/h2-5,11H,1H3. The highest BCUT2D eigenvalue weighted by Crippen LogP contribution is 2.32. The normalized spacial score (nSPS) is 11.2. The minimum Gasteiger partial charge on any atom is -0.260 e. The summed E-state index contributed by atoms with van der Waals surface area (Å²) in [7, 11) is 0. The Bertz CT molecular complexity index is 535. The summed E-state index contributed by atoms with van der Waals surface area (Å²) in [5.41, 5.74) is 0.989. The third-order valence-corrected chi connectivity index (χ3v) is 2.96. The number of alkyl halides is 2. The van der Waals surface area contributed by atoms with Crippen LogP contribution in [0.3, 0.4) is 0 Å². The summed E-state index contributed by atoms with van der Waals surface area (Å²) in [5.74, 6) is 0.176. The van der Waals surface area contributed by atoms with Gasteiger partial charge in [-0.05, 0) is 19.1 Å². The molecule has 1 heterocycles. The van der Waals surface area contributed by atoms with Crippen LogP contribution in [0.2, 0.25) is 10.2 Å². The lowest BCUT2D eigenvalue weighted by Crippen LogP contribution is -2.00. The van der Waals surface area contributed by atoms with Gasteiger partial charge in [0.1, 0.15) is 16.7 Å². The lowest BCUT2D eigenvalue weighted by Gasteiger charge is -2.04. The highest BCUT2D eigenvalue weighted by Gasteiger charge is 2.19. The zero-order chi connectivity index (χ0) is 12.6. The van der Waals surface area contributed by atoms with Crippen LogP contribution in [0.1, 0.15) is 12.4 Å². The molecule has 0 aliphatic carbocycles. The maximum absolute atomic E-state index is 12.7. The molecule has 0 aliphatic rings. The molecule has 90 valence electrons. The van der Waals surface area contributed by atoms with E-state index in [2.05, 4.69) is 4.98 Å². The number of rotatable bonds is 2. The van der Waals surface area contributed by atoms with Gasteiger partial charge in [-0.1, -0.05) is 35.3 Å². The number of nitrogens with zero attached hydrogens (tertiary/aromatic N) is 2. The molecule has 0 N–H and O–H groups in total. The molecule has 0 aliphatic heterocycles. The van der Waals surface area contributed by atoms with Crippen LogP contribution in [0.15, 0.2) is 24.3 Å². The Labute approximate surface area is 107 Å². The predicted octanol–water partition coefficient (Wildman–Crippen LogP) is 4.56. The predicted molar refractivity (Wildman–Crippen MR) is 63.7 cm³/mol. The zero-order valence-electron chi connectivity index (χ0n) is 8.79. The first-order valence-corrected chi connectivity index (χ1v) is 5.54. The lowest BCUT2D eigenvalue weighted by atomic mass is 10.2. The fourth-order valence-corrected chi connectivity index (χ4v) is 2.01. The number of hydrogen-bond donors (Lipinski definition) is 0. The van der Waals surface area contributed by atoms with E-state index in [1.807, 2.05) is 0 Å². The van der Waals surface area contributed by atoms with Crippen molar-refractivity contribution in [3.63, 3.8) is 0 Å². The molecule has 0 unspecified atom stereocenters. The first-order chi connectivity index (χ1) is 8.00. The molecule has 0 radical (unpaired) electrons. The van der Waals surface area contributed by atoms with E-state index in [1.54, 1.807) is 24.3 Å². The van der Waals surface area contributed by atoms with Crippen LogP contribution in [0, 0.1) is 6.92 Å². The average Bonchev–Trinajstić information content (AvgIpc) is 2.55. The molecular formula is C11H8Cl2F2N2. The van der Waals surface area contributed by atoms with Gasteiger partial charge < -0.3 is 0 Å².